The third-order valence-corrected chi connectivity index (χ3v) is 7.98. The number of thiophene rings is 1. The van der Waals surface area contributed by atoms with Crippen LogP contribution in [0.2, 0.25) is 0 Å². The van der Waals surface area contributed by atoms with E-state index < -0.39 is 0 Å². The van der Waals surface area contributed by atoms with Gasteiger partial charge in [0, 0.05) is 10.3 Å². The smallest absolute Gasteiger partial charge is 0.341 e. The summed E-state index contributed by atoms with van der Waals surface area (Å²) in [5, 5.41) is 5.20. The van der Waals surface area contributed by atoms with E-state index in [0.717, 1.165) is 46.3 Å². The van der Waals surface area contributed by atoms with E-state index in [1.54, 1.807) is 6.92 Å². The van der Waals surface area contributed by atoms with Crippen molar-refractivity contribution in [1.29, 1.82) is 0 Å². The third kappa shape index (κ3) is 4.69. The fourth-order valence-corrected chi connectivity index (χ4v) is 6.41. The Kier molecular flexibility index (Phi) is 6.86. The average molecular weight is 469 g/mol. The lowest BCUT2D eigenvalue weighted by molar-refractivity contribution is -0.115. The number of benzene rings is 1. The van der Waals surface area contributed by atoms with Crippen LogP contribution in [0.4, 0.5) is 5.00 Å². The van der Waals surface area contributed by atoms with Crippen LogP contribution in [-0.2, 0) is 22.4 Å². The standard InChI is InChI=1S/C25H28N2O3S2/c1-5-30-25(29)22-18-11-10-14(2)12-20(18)32-24(22)27-23(28)16(4)31-21-13-15(3)17-8-6-7-9-19(17)26-21/h6-9,13-14,16H,5,10-12H2,1-4H3,(H,27,28). The maximum absolute atomic E-state index is 13.1. The first-order valence-electron chi connectivity index (χ1n) is 11.0. The number of anilines is 1. The first-order valence-corrected chi connectivity index (χ1v) is 12.7. The highest BCUT2D eigenvalue weighted by Crippen LogP contribution is 2.40. The molecule has 3 aromatic rings. The first kappa shape index (κ1) is 22.8. The number of thioether (sulfide) groups is 1. The van der Waals surface area contributed by atoms with E-state index in [9.17, 15) is 9.59 Å². The molecule has 7 heteroatoms. The molecule has 32 heavy (non-hydrogen) atoms. The Bertz CT molecular complexity index is 1170. The van der Waals surface area contributed by atoms with Crippen LogP contribution < -0.4 is 5.32 Å². The molecule has 2 unspecified atom stereocenters. The summed E-state index contributed by atoms with van der Waals surface area (Å²) in [4.78, 5) is 31.7. The Morgan fingerprint density at radius 3 is 2.91 bits per heavy atom. The SMILES string of the molecule is CCOC(=O)c1c(NC(=O)C(C)Sc2cc(C)c3ccccc3n2)sc2c1CCC(C)C2. The van der Waals surface area contributed by atoms with Crippen LogP contribution in [-0.4, -0.2) is 28.7 Å². The van der Waals surface area contributed by atoms with Gasteiger partial charge in [-0.3, -0.25) is 4.79 Å². The quantitative estimate of drug-likeness (QED) is 0.354. The molecular weight excluding hydrogens is 440 g/mol. The minimum absolute atomic E-state index is 0.139. The molecule has 5 nitrogen and oxygen atoms in total. The zero-order valence-electron chi connectivity index (χ0n) is 18.9. The van der Waals surface area contributed by atoms with Crippen molar-refractivity contribution in [2.45, 2.75) is 57.2 Å². The van der Waals surface area contributed by atoms with Crippen molar-refractivity contribution in [3.63, 3.8) is 0 Å². The van der Waals surface area contributed by atoms with E-state index in [0.29, 0.717) is 23.1 Å². The maximum Gasteiger partial charge on any atom is 0.341 e. The second kappa shape index (κ2) is 9.63. The molecule has 4 rings (SSSR count). The molecule has 0 fully saturated rings. The van der Waals surface area contributed by atoms with Crippen molar-refractivity contribution >= 4 is 50.9 Å². The Labute approximate surface area is 197 Å². The lowest BCUT2D eigenvalue weighted by atomic mass is 9.88. The molecule has 2 aromatic heterocycles. The van der Waals surface area contributed by atoms with E-state index in [2.05, 4.69) is 25.2 Å². The van der Waals surface area contributed by atoms with Gasteiger partial charge in [-0.25, -0.2) is 9.78 Å². The molecule has 1 amide bonds. The normalized spacial score (nSPS) is 16.4. The Morgan fingerprint density at radius 2 is 2.12 bits per heavy atom. The van der Waals surface area contributed by atoms with Crippen LogP contribution in [0.3, 0.4) is 0 Å². The number of carbonyl (C=O) groups excluding carboxylic acids is 2. The number of pyridine rings is 1. The summed E-state index contributed by atoms with van der Waals surface area (Å²) in [6, 6.07) is 10.0. The topological polar surface area (TPSA) is 68.3 Å². The Hall–Kier alpha value is -2.38. The number of rotatable bonds is 6. The van der Waals surface area contributed by atoms with E-state index in [1.807, 2.05) is 31.2 Å². The summed E-state index contributed by atoms with van der Waals surface area (Å²) < 4.78 is 5.31. The number of hydrogen-bond donors (Lipinski definition) is 1. The predicted octanol–water partition coefficient (Wildman–Crippen LogP) is 6.03. The highest BCUT2D eigenvalue weighted by molar-refractivity contribution is 8.00. The molecular formula is C25H28N2O3S2. The lowest BCUT2D eigenvalue weighted by Gasteiger charge is -2.18. The summed E-state index contributed by atoms with van der Waals surface area (Å²) in [5.41, 5.74) is 3.65. The number of ether oxygens (including phenoxy) is 1. The average Bonchev–Trinajstić information content (AvgIpc) is 3.10. The van der Waals surface area contributed by atoms with E-state index >= 15 is 0 Å². The van der Waals surface area contributed by atoms with Crippen molar-refractivity contribution in [2.75, 3.05) is 11.9 Å². The molecule has 0 radical (unpaired) electrons. The second-order valence-corrected chi connectivity index (χ2v) is 10.8. The van der Waals surface area contributed by atoms with Crippen molar-refractivity contribution in [3.05, 3.63) is 51.9 Å². The number of fused-ring (bicyclic) bond motifs is 2. The number of aryl methyl sites for hydroxylation is 1. The van der Waals surface area contributed by atoms with Gasteiger partial charge >= 0.3 is 5.97 Å². The van der Waals surface area contributed by atoms with Crippen LogP contribution in [0, 0.1) is 12.8 Å². The number of carbonyl (C=O) groups is 2. The number of hydrogen-bond acceptors (Lipinski definition) is 6. The molecule has 1 aromatic carbocycles. The molecule has 0 spiro atoms. The molecule has 0 bridgehead atoms. The van der Waals surface area contributed by atoms with Crippen molar-refractivity contribution in [3.8, 4) is 0 Å². The van der Waals surface area contributed by atoms with Crippen LogP contribution >= 0.6 is 23.1 Å². The molecule has 2 atom stereocenters. The number of nitrogens with zero attached hydrogens (tertiary/aromatic N) is 1. The van der Waals surface area contributed by atoms with Gasteiger partial charge in [-0.2, -0.15) is 0 Å². The zero-order chi connectivity index (χ0) is 22.8. The molecule has 0 aliphatic heterocycles. The monoisotopic (exact) mass is 468 g/mol. The Morgan fingerprint density at radius 1 is 1.34 bits per heavy atom. The number of para-hydroxylation sites is 1. The van der Waals surface area contributed by atoms with Crippen LogP contribution in [0.1, 0.15) is 53.6 Å². The van der Waals surface area contributed by atoms with Gasteiger partial charge in [0.15, 0.2) is 0 Å². The largest absolute Gasteiger partial charge is 0.462 e. The van der Waals surface area contributed by atoms with Crippen LogP contribution in [0.15, 0.2) is 35.4 Å². The molecule has 1 aliphatic rings. The number of amides is 1. The van der Waals surface area contributed by atoms with Crippen molar-refractivity contribution < 1.29 is 14.3 Å². The minimum atomic E-state index is -0.365. The van der Waals surface area contributed by atoms with Gasteiger partial charge in [-0.05, 0) is 69.2 Å². The van der Waals surface area contributed by atoms with Gasteiger partial charge in [0.25, 0.3) is 0 Å². The number of esters is 1. The van der Waals surface area contributed by atoms with Gasteiger partial charge in [0.05, 0.1) is 28.0 Å². The second-order valence-electron chi connectivity index (χ2n) is 8.32. The highest BCUT2D eigenvalue weighted by atomic mass is 32.2. The molecule has 0 saturated heterocycles. The lowest BCUT2D eigenvalue weighted by Crippen LogP contribution is -2.23. The molecule has 168 valence electrons. The minimum Gasteiger partial charge on any atom is -0.462 e. The van der Waals surface area contributed by atoms with E-state index in [1.165, 1.54) is 28.0 Å². The van der Waals surface area contributed by atoms with Crippen molar-refractivity contribution in [1.82, 2.24) is 4.98 Å². The van der Waals surface area contributed by atoms with Crippen molar-refractivity contribution in [2.24, 2.45) is 5.92 Å². The van der Waals surface area contributed by atoms with E-state index in [4.69, 9.17) is 9.72 Å². The van der Waals surface area contributed by atoms with Gasteiger partial charge in [-0.15, -0.1) is 11.3 Å². The summed E-state index contributed by atoms with van der Waals surface area (Å²) in [5.74, 6) is 0.0956. The van der Waals surface area contributed by atoms with Gasteiger partial charge in [-0.1, -0.05) is 36.9 Å². The fourth-order valence-electron chi connectivity index (χ4n) is 4.09. The highest BCUT2D eigenvalue weighted by Gasteiger charge is 2.30. The van der Waals surface area contributed by atoms with Gasteiger partial charge in [0.1, 0.15) is 5.00 Å². The Balaban J connectivity index is 1.55. The van der Waals surface area contributed by atoms with Gasteiger partial charge < -0.3 is 10.1 Å². The molecule has 2 heterocycles. The fraction of sp³-hybridized carbons (Fsp3) is 0.400. The van der Waals surface area contributed by atoms with Crippen LogP contribution in [0.5, 0.6) is 0 Å². The predicted molar refractivity (Wildman–Crippen MR) is 132 cm³/mol. The summed E-state index contributed by atoms with van der Waals surface area (Å²) in [6.45, 7) is 8.26. The maximum atomic E-state index is 13.1. The third-order valence-electron chi connectivity index (χ3n) is 5.79. The zero-order valence-corrected chi connectivity index (χ0v) is 20.5. The first-order chi connectivity index (χ1) is 15.4. The summed E-state index contributed by atoms with van der Waals surface area (Å²) >= 11 is 2.94. The molecule has 1 aliphatic carbocycles. The van der Waals surface area contributed by atoms with E-state index in [-0.39, 0.29) is 17.1 Å². The summed E-state index contributed by atoms with van der Waals surface area (Å²) in [7, 11) is 0. The van der Waals surface area contributed by atoms with Gasteiger partial charge in [0.2, 0.25) is 5.91 Å². The molecule has 1 N–H and O–H groups in total. The molecule has 0 saturated carbocycles. The summed E-state index contributed by atoms with van der Waals surface area (Å²) in [6.07, 6.45) is 2.83. The van der Waals surface area contributed by atoms with Crippen LogP contribution in [0.25, 0.3) is 10.9 Å². The number of nitrogens with one attached hydrogen (secondary N) is 1. The number of aromatic nitrogens is 1.